The molecular weight excluding hydrogens is 282 g/mol. The number of amides is 1. The molecule has 2 heterocycles. The number of benzene rings is 1. The molecule has 6 heteroatoms. The predicted molar refractivity (Wildman–Crippen MR) is 83.1 cm³/mol. The summed E-state index contributed by atoms with van der Waals surface area (Å²) in [6.45, 7) is 0.430. The van der Waals surface area contributed by atoms with Gasteiger partial charge in [0.15, 0.2) is 0 Å². The smallest absolute Gasteiger partial charge is 0.256 e. The number of pyridine rings is 1. The van der Waals surface area contributed by atoms with Crippen molar-refractivity contribution in [2.45, 2.75) is 6.42 Å². The Bertz CT molecular complexity index is 879. The summed E-state index contributed by atoms with van der Waals surface area (Å²) >= 11 is 0. The minimum atomic E-state index is -0.451. The number of hydrogen-bond acceptors (Lipinski definition) is 3. The van der Waals surface area contributed by atoms with Crippen molar-refractivity contribution >= 4 is 16.8 Å². The van der Waals surface area contributed by atoms with Crippen LogP contribution in [0, 0.1) is 0 Å². The SMILES string of the molecule is O=C(NCCc1c[nH]c2ccccc12)c1c[nH]c(=O)cc1O. The molecule has 0 bridgehead atoms. The second-order valence-electron chi connectivity index (χ2n) is 4.96. The number of para-hydroxylation sites is 1. The number of carbonyl (C=O) groups excluding carboxylic acids is 1. The van der Waals surface area contributed by atoms with E-state index >= 15 is 0 Å². The number of aromatic hydroxyl groups is 1. The molecular formula is C16H15N3O3. The number of aromatic nitrogens is 2. The highest BCUT2D eigenvalue weighted by Gasteiger charge is 2.11. The normalized spacial score (nSPS) is 10.7. The maximum absolute atomic E-state index is 12.0. The van der Waals surface area contributed by atoms with E-state index < -0.39 is 11.5 Å². The predicted octanol–water partition coefficient (Wildman–Crippen LogP) is 1.53. The number of carbonyl (C=O) groups is 1. The molecule has 0 atom stereocenters. The van der Waals surface area contributed by atoms with E-state index in [1.807, 2.05) is 30.5 Å². The molecule has 0 saturated heterocycles. The molecule has 0 radical (unpaired) electrons. The lowest BCUT2D eigenvalue weighted by molar-refractivity contribution is 0.0951. The highest BCUT2D eigenvalue weighted by Crippen LogP contribution is 2.18. The monoisotopic (exact) mass is 297 g/mol. The molecule has 112 valence electrons. The molecule has 3 rings (SSSR count). The summed E-state index contributed by atoms with van der Waals surface area (Å²) in [6, 6.07) is 8.93. The van der Waals surface area contributed by atoms with Crippen LogP contribution in [0.4, 0.5) is 0 Å². The van der Waals surface area contributed by atoms with Crippen molar-refractivity contribution in [3.63, 3.8) is 0 Å². The summed E-state index contributed by atoms with van der Waals surface area (Å²) in [4.78, 5) is 28.5. The van der Waals surface area contributed by atoms with E-state index in [0.717, 1.165) is 22.5 Å². The Morgan fingerprint density at radius 1 is 1.18 bits per heavy atom. The lowest BCUT2D eigenvalue weighted by Gasteiger charge is -2.06. The van der Waals surface area contributed by atoms with Crippen LogP contribution in [0.3, 0.4) is 0 Å². The van der Waals surface area contributed by atoms with Crippen LogP contribution >= 0.6 is 0 Å². The van der Waals surface area contributed by atoms with Crippen molar-refractivity contribution in [2.24, 2.45) is 0 Å². The second kappa shape index (κ2) is 5.77. The van der Waals surface area contributed by atoms with Crippen LogP contribution in [0.15, 0.2) is 47.5 Å². The Morgan fingerprint density at radius 3 is 2.82 bits per heavy atom. The zero-order valence-electron chi connectivity index (χ0n) is 11.7. The minimum Gasteiger partial charge on any atom is -0.507 e. The molecule has 1 amide bonds. The van der Waals surface area contributed by atoms with Crippen LogP contribution < -0.4 is 10.9 Å². The molecule has 0 aliphatic heterocycles. The van der Waals surface area contributed by atoms with Crippen LogP contribution in [0.2, 0.25) is 0 Å². The number of fused-ring (bicyclic) bond motifs is 1. The molecule has 0 aliphatic carbocycles. The van der Waals surface area contributed by atoms with Crippen molar-refractivity contribution in [2.75, 3.05) is 6.54 Å². The number of H-pyrrole nitrogens is 2. The minimum absolute atomic E-state index is 0.0542. The van der Waals surface area contributed by atoms with Crippen molar-refractivity contribution < 1.29 is 9.90 Å². The molecule has 4 N–H and O–H groups in total. The van der Waals surface area contributed by atoms with E-state index in [2.05, 4.69) is 15.3 Å². The number of rotatable bonds is 4. The third-order valence-corrected chi connectivity index (χ3v) is 3.50. The Balaban J connectivity index is 1.65. The molecule has 22 heavy (non-hydrogen) atoms. The molecule has 0 aliphatic rings. The first-order valence-corrected chi connectivity index (χ1v) is 6.90. The molecule has 0 fully saturated rings. The number of nitrogens with one attached hydrogen (secondary N) is 3. The van der Waals surface area contributed by atoms with E-state index in [0.29, 0.717) is 13.0 Å². The van der Waals surface area contributed by atoms with Gasteiger partial charge in [0.25, 0.3) is 11.5 Å². The van der Waals surface area contributed by atoms with Gasteiger partial charge in [-0.15, -0.1) is 0 Å². The van der Waals surface area contributed by atoms with E-state index in [-0.39, 0.29) is 11.3 Å². The molecule has 0 unspecified atom stereocenters. The van der Waals surface area contributed by atoms with Gasteiger partial charge in [-0.1, -0.05) is 18.2 Å². The Kier molecular flexibility index (Phi) is 3.65. The molecule has 0 saturated carbocycles. The quantitative estimate of drug-likeness (QED) is 0.588. The zero-order valence-corrected chi connectivity index (χ0v) is 11.7. The Morgan fingerprint density at radius 2 is 2.00 bits per heavy atom. The fraction of sp³-hybridized carbons (Fsp3) is 0.125. The van der Waals surface area contributed by atoms with Gasteiger partial charge in [0.1, 0.15) is 5.75 Å². The standard InChI is InChI=1S/C16H15N3O3/c20-14-7-15(21)19-9-12(14)16(22)17-6-5-10-8-18-13-4-2-1-3-11(10)13/h1-4,7-9,18H,5-6H2,(H,17,22)(H2,19,20,21). The molecule has 0 spiro atoms. The van der Waals surface area contributed by atoms with Crippen LogP contribution in [-0.2, 0) is 6.42 Å². The van der Waals surface area contributed by atoms with E-state index in [1.165, 1.54) is 6.20 Å². The average molecular weight is 297 g/mol. The van der Waals surface area contributed by atoms with Gasteiger partial charge in [-0.25, -0.2) is 0 Å². The number of aromatic amines is 2. The van der Waals surface area contributed by atoms with Gasteiger partial charge in [0, 0.05) is 35.9 Å². The third-order valence-electron chi connectivity index (χ3n) is 3.50. The van der Waals surface area contributed by atoms with Crippen LogP contribution in [0.1, 0.15) is 15.9 Å². The van der Waals surface area contributed by atoms with Crippen molar-refractivity contribution in [1.82, 2.24) is 15.3 Å². The van der Waals surface area contributed by atoms with E-state index in [4.69, 9.17) is 0 Å². The lowest BCUT2D eigenvalue weighted by atomic mass is 10.1. The van der Waals surface area contributed by atoms with E-state index in [1.54, 1.807) is 0 Å². The maximum atomic E-state index is 12.0. The fourth-order valence-electron chi connectivity index (χ4n) is 2.39. The van der Waals surface area contributed by atoms with Gasteiger partial charge in [-0.2, -0.15) is 0 Å². The first kappa shape index (κ1) is 13.9. The molecule has 3 aromatic rings. The van der Waals surface area contributed by atoms with Gasteiger partial charge in [0.05, 0.1) is 5.56 Å². The molecule has 1 aromatic carbocycles. The summed E-state index contributed by atoms with van der Waals surface area (Å²) in [7, 11) is 0. The summed E-state index contributed by atoms with van der Waals surface area (Å²) in [5.74, 6) is -0.748. The average Bonchev–Trinajstić information content (AvgIpc) is 2.90. The topological polar surface area (TPSA) is 98.0 Å². The van der Waals surface area contributed by atoms with Gasteiger partial charge in [-0.05, 0) is 18.1 Å². The first-order valence-electron chi connectivity index (χ1n) is 6.90. The number of hydrogen-bond donors (Lipinski definition) is 4. The summed E-state index contributed by atoms with van der Waals surface area (Å²) < 4.78 is 0. The van der Waals surface area contributed by atoms with Crippen molar-refractivity contribution in [1.29, 1.82) is 0 Å². The summed E-state index contributed by atoms with van der Waals surface area (Å²) in [5, 5.41) is 13.5. The van der Waals surface area contributed by atoms with Crippen molar-refractivity contribution in [3.05, 3.63) is 64.2 Å². The fourth-order valence-corrected chi connectivity index (χ4v) is 2.39. The maximum Gasteiger partial charge on any atom is 0.256 e. The van der Waals surface area contributed by atoms with Crippen LogP contribution in [0.5, 0.6) is 5.75 Å². The van der Waals surface area contributed by atoms with Crippen LogP contribution in [0.25, 0.3) is 10.9 Å². The highest BCUT2D eigenvalue weighted by atomic mass is 16.3. The largest absolute Gasteiger partial charge is 0.507 e. The summed E-state index contributed by atoms with van der Waals surface area (Å²) in [6.07, 6.45) is 3.80. The van der Waals surface area contributed by atoms with Gasteiger partial charge < -0.3 is 20.4 Å². The van der Waals surface area contributed by atoms with Gasteiger partial charge in [0.2, 0.25) is 0 Å². The Hall–Kier alpha value is -3.02. The van der Waals surface area contributed by atoms with E-state index in [9.17, 15) is 14.7 Å². The molecule has 6 nitrogen and oxygen atoms in total. The summed E-state index contributed by atoms with van der Waals surface area (Å²) in [5.41, 5.74) is 1.77. The lowest BCUT2D eigenvalue weighted by Crippen LogP contribution is -2.26. The molecule has 2 aromatic heterocycles. The Labute approximate surface area is 125 Å². The van der Waals surface area contributed by atoms with Gasteiger partial charge in [-0.3, -0.25) is 9.59 Å². The zero-order chi connectivity index (χ0) is 15.5. The van der Waals surface area contributed by atoms with Crippen molar-refractivity contribution in [3.8, 4) is 5.75 Å². The second-order valence-corrected chi connectivity index (χ2v) is 4.96. The highest BCUT2D eigenvalue weighted by molar-refractivity contribution is 5.96. The van der Waals surface area contributed by atoms with Crippen LogP contribution in [-0.4, -0.2) is 27.5 Å². The van der Waals surface area contributed by atoms with Gasteiger partial charge >= 0.3 is 0 Å². The third kappa shape index (κ3) is 2.71. The first-order chi connectivity index (χ1) is 10.6.